The van der Waals surface area contributed by atoms with Crippen LogP contribution in [0.15, 0.2) is 35.3 Å². The van der Waals surface area contributed by atoms with Gasteiger partial charge in [0.1, 0.15) is 5.82 Å². The van der Waals surface area contributed by atoms with E-state index in [4.69, 9.17) is 4.99 Å². The van der Waals surface area contributed by atoms with Gasteiger partial charge in [-0.3, -0.25) is 4.90 Å². The van der Waals surface area contributed by atoms with Crippen molar-refractivity contribution in [3.63, 3.8) is 0 Å². The molecule has 2 heterocycles. The van der Waals surface area contributed by atoms with Gasteiger partial charge in [0.15, 0.2) is 11.8 Å². The number of hydrogen-bond acceptors (Lipinski definition) is 4. The molecule has 2 aromatic rings. The maximum atomic E-state index is 4.93. The number of likely N-dealkylation sites (N-methyl/N-ethyl adjacent to an activating group) is 1. The van der Waals surface area contributed by atoms with Crippen LogP contribution in [0.3, 0.4) is 0 Å². The van der Waals surface area contributed by atoms with Crippen LogP contribution in [0.25, 0.3) is 0 Å². The van der Waals surface area contributed by atoms with Crippen molar-refractivity contribution in [2.45, 2.75) is 46.3 Å². The minimum atomic E-state index is 0. The average Bonchev–Trinajstić information content (AvgIpc) is 3.32. The van der Waals surface area contributed by atoms with E-state index in [-0.39, 0.29) is 24.0 Å². The van der Waals surface area contributed by atoms with Gasteiger partial charge in [0.05, 0.1) is 13.1 Å². The second-order valence-corrected chi connectivity index (χ2v) is 7.31. The van der Waals surface area contributed by atoms with Gasteiger partial charge in [0, 0.05) is 26.2 Å². The Morgan fingerprint density at radius 3 is 2.55 bits per heavy atom. The third kappa shape index (κ3) is 6.15. The fourth-order valence-corrected chi connectivity index (χ4v) is 3.75. The molecule has 1 saturated heterocycles. The number of halogens is 1. The van der Waals surface area contributed by atoms with Crippen molar-refractivity contribution in [1.29, 1.82) is 0 Å². The third-order valence-electron chi connectivity index (χ3n) is 5.63. The minimum absolute atomic E-state index is 0. The van der Waals surface area contributed by atoms with Crippen molar-refractivity contribution in [3.05, 3.63) is 47.5 Å². The van der Waals surface area contributed by atoms with Crippen molar-refractivity contribution in [1.82, 2.24) is 29.9 Å². The van der Waals surface area contributed by atoms with E-state index in [1.54, 1.807) is 0 Å². The highest BCUT2D eigenvalue weighted by atomic mass is 127. The average molecular weight is 511 g/mol. The number of aliphatic imine (C=N–C) groups is 1. The lowest BCUT2D eigenvalue weighted by molar-refractivity contribution is 0.223. The van der Waals surface area contributed by atoms with E-state index in [1.165, 1.54) is 12.0 Å². The highest BCUT2D eigenvalue weighted by Gasteiger charge is 2.28. The summed E-state index contributed by atoms with van der Waals surface area (Å²) in [7, 11) is 2.00. The number of guanidine groups is 1. The molecule has 1 aromatic carbocycles. The molecule has 7 nitrogen and oxygen atoms in total. The van der Waals surface area contributed by atoms with Gasteiger partial charge in [-0.1, -0.05) is 44.2 Å². The lowest BCUT2D eigenvalue weighted by Gasteiger charge is -2.27. The molecule has 29 heavy (non-hydrogen) atoms. The number of aromatic nitrogens is 3. The summed E-state index contributed by atoms with van der Waals surface area (Å²) in [6.45, 7) is 12.0. The van der Waals surface area contributed by atoms with Crippen LogP contribution in [0.4, 0.5) is 0 Å². The Kier molecular flexibility index (Phi) is 9.35. The zero-order chi connectivity index (χ0) is 19.9. The molecule has 160 valence electrons. The van der Waals surface area contributed by atoms with E-state index >= 15 is 0 Å². The molecular formula is C21H34IN7. The number of rotatable bonds is 7. The molecule has 0 radical (unpaired) electrons. The van der Waals surface area contributed by atoms with E-state index in [2.05, 4.69) is 63.4 Å². The summed E-state index contributed by atoms with van der Waals surface area (Å²) in [5.41, 5.74) is 1.22. The SMILES string of the molecule is CCN(CC)C1CCN(C(=NCc2ccccc2)NCc2nnc(C)n2C)C1.I. The summed E-state index contributed by atoms with van der Waals surface area (Å²) in [4.78, 5) is 9.86. The molecule has 1 atom stereocenters. The molecule has 0 amide bonds. The summed E-state index contributed by atoms with van der Waals surface area (Å²) >= 11 is 0. The first kappa shape index (κ1) is 23.6. The Balaban J connectivity index is 0.00000300. The first-order valence-electron chi connectivity index (χ1n) is 10.3. The van der Waals surface area contributed by atoms with E-state index in [9.17, 15) is 0 Å². The quantitative estimate of drug-likeness (QED) is 0.352. The molecule has 8 heteroatoms. The van der Waals surface area contributed by atoms with Gasteiger partial charge in [-0.05, 0) is 32.0 Å². The van der Waals surface area contributed by atoms with Crippen molar-refractivity contribution < 1.29 is 0 Å². The normalized spacial score (nSPS) is 16.9. The Labute approximate surface area is 191 Å². The van der Waals surface area contributed by atoms with Gasteiger partial charge < -0.3 is 14.8 Å². The van der Waals surface area contributed by atoms with Gasteiger partial charge in [-0.25, -0.2) is 4.99 Å². The Hall–Kier alpha value is -1.68. The van der Waals surface area contributed by atoms with Crippen LogP contribution in [0.5, 0.6) is 0 Å². The van der Waals surface area contributed by atoms with Gasteiger partial charge in [-0.15, -0.1) is 34.2 Å². The topological polar surface area (TPSA) is 61.6 Å². The van der Waals surface area contributed by atoms with Crippen LogP contribution in [0.2, 0.25) is 0 Å². The fraction of sp³-hybridized carbons (Fsp3) is 0.571. The van der Waals surface area contributed by atoms with Crippen molar-refractivity contribution >= 4 is 29.9 Å². The maximum Gasteiger partial charge on any atom is 0.194 e. The second-order valence-electron chi connectivity index (χ2n) is 7.31. The first-order chi connectivity index (χ1) is 13.6. The first-order valence-corrected chi connectivity index (χ1v) is 10.3. The summed E-state index contributed by atoms with van der Waals surface area (Å²) in [6, 6.07) is 11.0. The van der Waals surface area contributed by atoms with E-state index < -0.39 is 0 Å². The fourth-order valence-electron chi connectivity index (χ4n) is 3.75. The number of nitrogens with zero attached hydrogens (tertiary/aromatic N) is 6. The summed E-state index contributed by atoms with van der Waals surface area (Å²) in [5.74, 6) is 2.80. The van der Waals surface area contributed by atoms with Crippen LogP contribution in [0, 0.1) is 6.92 Å². The third-order valence-corrected chi connectivity index (χ3v) is 5.63. The minimum Gasteiger partial charge on any atom is -0.349 e. The number of benzene rings is 1. The molecule has 1 unspecified atom stereocenters. The molecule has 0 saturated carbocycles. The highest BCUT2D eigenvalue weighted by molar-refractivity contribution is 14.0. The monoisotopic (exact) mass is 511 g/mol. The van der Waals surface area contributed by atoms with Gasteiger partial charge in [-0.2, -0.15) is 0 Å². The van der Waals surface area contributed by atoms with Crippen LogP contribution in [0.1, 0.15) is 37.5 Å². The zero-order valence-electron chi connectivity index (χ0n) is 18.0. The Morgan fingerprint density at radius 2 is 1.93 bits per heavy atom. The largest absolute Gasteiger partial charge is 0.349 e. The second kappa shape index (κ2) is 11.5. The van der Waals surface area contributed by atoms with E-state index in [0.717, 1.165) is 43.8 Å². The van der Waals surface area contributed by atoms with Gasteiger partial charge in [0.2, 0.25) is 0 Å². The lowest BCUT2D eigenvalue weighted by Crippen LogP contribution is -2.43. The van der Waals surface area contributed by atoms with Gasteiger partial charge >= 0.3 is 0 Å². The number of hydrogen-bond donors (Lipinski definition) is 1. The van der Waals surface area contributed by atoms with E-state index in [0.29, 0.717) is 19.1 Å². The van der Waals surface area contributed by atoms with E-state index in [1.807, 2.05) is 24.6 Å². The van der Waals surface area contributed by atoms with Crippen LogP contribution in [-0.2, 0) is 20.1 Å². The van der Waals surface area contributed by atoms with Crippen molar-refractivity contribution in [2.24, 2.45) is 12.0 Å². The standard InChI is InChI=1S/C21H33N7.HI/c1-5-27(6-2)19-12-13-28(16-19)21(22-14-18-10-8-7-9-11-18)23-15-20-25-24-17(3)26(20)4;/h7-11,19H,5-6,12-16H2,1-4H3,(H,22,23);1H. The Bertz CT molecular complexity index is 771. The highest BCUT2D eigenvalue weighted by Crippen LogP contribution is 2.16. The van der Waals surface area contributed by atoms with Gasteiger partial charge in [0.25, 0.3) is 0 Å². The molecule has 0 bridgehead atoms. The van der Waals surface area contributed by atoms with Crippen LogP contribution < -0.4 is 5.32 Å². The zero-order valence-corrected chi connectivity index (χ0v) is 20.3. The lowest BCUT2D eigenvalue weighted by atomic mass is 10.2. The molecule has 1 fully saturated rings. The molecule has 0 aliphatic carbocycles. The maximum absolute atomic E-state index is 4.93. The molecule has 1 aliphatic heterocycles. The van der Waals surface area contributed by atoms with Crippen LogP contribution >= 0.6 is 24.0 Å². The predicted molar refractivity (Wildman–Crippen MR) is 128 cm³/mol. The molecule has 1 aromatic heterocycles. The Morgan fingerprint density at radius 1 is 1.21 bits per heavy atom. The number of likely N-dealkylation sites (tertiary alicyclic amines) is 1. The number of nitrogens with one attached hydrogen (secondary N) is 1. The predicted octanol–water partition coefficient (Wildman–Crippen LogP) is 2.80. The molecule has 0 spiro atoms. The molecule has 1 aliphatic rings. The number of aryl methyl sites for hydroxylation is 1. The van der Waals surface area contributed by atoms with Crippen molar-refractivity contribution in [3.8, 4) is 0 Å². The summed E-state index contributed by atoms with van der Waals surface area (Å²) in [5, 5.41) is 12.0. The van der Waals surface area contributed by atoms with Crippen molar-refractivity contribution in [2.75, 3.05) is 26.2 Å². The van der Waals surface area contributed by atoms with Crippen LogP contribution in [-0.4, -0.2) is 62.7 Å². The molecule has 1 N–H and O–H groups in total. The summed E-state index contributed by atoms with van der Waals surface area (Å²) in [6.07, 6.45) is 1.18. The molecular weight excluding hydrogens is 477 g/mol. The smallest absolute Gasteiger partial charge is 0.194 e. The summed E-state index contributed by atoms with van der Waals surface area (Å²) < 4.78 is 2.02. The molecule has 3 rings (SSSR count).